The number of nitriles is 1. The Balaban J connectivity index is 2.53. The second kappa shape index (κ2) is 4.90. The van der Waals surface area contributed by atoms with Gasteiger partial charge in [-0.15, -0.1) is 0 Å². The van der Waals surface area contributed by atoms with Crippen LogP contribution in [0.2, 0.25) is 0 Å². The van der Waals surface area contributed by atoms with Crippen LogP contribution in [0.1, 0.15) is 11.1 Å². The molecule has 0 amide bonds. The number of nitrogens with zero attached hydrogens (tertiary/aromatic N) is 3. The first-order valence-corrected chi connectivity index (χ1v) is 5.03. The summed E-state index contributed by atoms with van der Waals surface area (Å²) < 4.78 is 0. The smallest absolute Gasteiger partial charge is 0.102 e. The number of allylic oxidation sites excluding steroid dienone is 1. The Morgan fingerprint density at radius 2 is 1.41 bits per heavy atom. The lowest BCUT2D eigenvalue weighted by atomic mass is 10.0. The third-order valence-corrected chi connectivity index (χ3v) is 2.34. The fourth-order valence-electron chi connectivity index (χ4n) is 1.47. The number of rotatable bonds is 2. The average molecular weight is 222 g/mol. The summed E-state index contributed by atoms with van der Waals surface area (Å²) in [6, 6.07) is 9.18. The first-order chi connectivity index (χ1) is 8.33. The van der Waals surface area contributed by atoms with Gasteiger partial charge in [0.25, 0.3) is 0 Å². The normalized spacial score (nSPS) is 11.5. The minimum atomic E-state index is 0.443. The van der Waals surface area contributed by atoms with Gasteiger partial charge in [0.05, 0.1) is 11.3 Å². The van der Waals surface area contributed by atoms with Gasteiger partial charge in [-0.3, -0.25) is 9.97 Å². The van der Waals surface area contributed by atoms with Gasteiger partial charge in [-0.05, 0) is 29.8 Å². The SMILES string of the molecule is N#C/C(=C(\N)c1ccncc1)c1ccncc1. The Morgan fingerprint density at radius 3 is 1.88 bits per heavy atom. The van der Waals surface area contributed by atoms with Crippen molar-refractivity contribution in [1.82, 2.24) is 9.97 Å². The average Bonchev–Trinajstić information content (AvgIpc) is 2.42. The van der Waals surface area contributed by atoms with Crippen molar-refractivity contribution in [3.8, 4) is 6.07 Å². The Morgan fingerprint density at radius 1 is 0.941 bits per heavy atom. The molecule has 2 N–H and O–H groups in total. The van der Waals surface area contributed by atoms with E-state index in [2.05, 4.69) is 16.0 Å². The maximum Gasteiger partial charge on any atom is 0.102 e. The van der Waals surface area contributed by atoms with Crippen molar-refractivity contribution in [2.75, 3.05) is 0 Å². The van der Waals surface area contributed by atoms with Crippen molar-refractivity contribution in [3.05, 3.63) is 60.2 Å². The second-order valence-electron chi connectivity index (χ2n) is 3.37. The van der Waals surface area contributed by atoms with E-state index in [-0.39, 0.29) is 0 Å². The summed E-state index contributed by atoms with van der Waals surface area (Å²) >= 11 is 0. The highest BCUT2D eigenvalue weighted by Crippen LogP contribution is 2.20. The molecular formula is C13H10N4. The van der Waals surface area contributed by atoms with Gasteiger partial charge in [0.15, 0.2) is 0 Å². The van der Waals surface area contributed by atoms with E-state index in [1.54, 1.807) is 49.1 Å². The highest BCUT2D eigenvalue weighted by atomic mass is 14.6. The third-order valence-electron chi connectivity index (χ3n) is 2.34. The molecule has 0 aliphatic rings. The maximum atomic E-state index is 9.19. The number of pyridine rings is 2. The molecule has 0 aliphatic carbocycles. The highest BCUT2D eigenvalue weighted by molar-refractivity contribution is 5.95. The van der Waals surface area contributed by atoms with Gasteiger partial charge in [0.1, 0.15) is 6.07 Å². The van der Waals surface area contributed by atoms with Crippen LogP contribution in [0.25, 0.3) is 11.3 Å². The number of aromatic nitrogens is 2. The molecule has 17 heavy (non-hydrogen) atoms. The van der Waals surface area contributed by atoms with E-state index in [1.807, 2.05) is 0 Å². The van der Waals surface area contributed by atoms with E-state index >= 15 is 0 Å². The Labute approximate surface area is 99.1 Å². The molecule has 0 saturated heterocycles. The van der Waals surface area contributed by atoms with Crippen molar-refractivity contribution >= 4 is 11.3 Å². The molecule has 0 fully saturated rings. The molecule has 2 aromatic heterocycles. The van der Waals surface area contributed by atoms with Crippen LogP contribution in [0, 0.1) is 11.3 Å². The molecule has 0 spiro atoms. The zero-order valence-corrected chi connectivity index (χ0v) is 9.04. The van der Waals surface area contributed by atoms with Gasteiger partial charge in [0, 0.05) is 30.4 Å². The van der Waals surface area contributed by atoms with Crippen LogP contribution in [-0.2, 0) is 0 Å². The molecule has 0 atom stereocenters. The molecule has 2 aromatic rings. The fraction of sp³-hybridized carbons (Fsp3) is 0. The first kappa shape index (κ1) is 10.8. The minimum Gasteiger partial charge on any atom is -0.397 e. The van der Waals surface area contributed by atoms with E-state index in [0.717, 1.165) is 11.1 Å². The molecule has 0 aliphatic heterocycles. The summed E-state index contributed by atoms with van der Waals surface area (Å²) in [6.45, 7) is 0. The van der Waals surface area contributed by atoms with Crippen LogP contribution < -0.4 is 5.73 Å². The summed E-state index contributed by atoms with van der Waals surface area (Å²) in [7, 11) is 0. The van der Waals surface area contributed by atoms with Crippen LogP contribution in [0.3, 0.4) is 0 Å². The van der Waals surface area contributed by atoms with Gasteiger partial charge >= 0.3 is 0 Å². The number of nitrogens with two attached hydrogens (primary N) is 1. The monoisotopic (exact) mass is 222 g/mol. The van der Waals surface area contributed by atoms with E-state index < -0.39 is 0 Å². The Hall–Kier alpha value is -2.67. The molecular weight excluding hydrogens is 212 g/mol. The van der Waals surface area contributed by atoms with Crippen molar-refractivity contribution in [2.45, 2.75) is 0 Å². The largest absolute Gasteiger partial charge is 0.397 e. The van der Waals surface area contributed by atoms with Crippen molar-refractivity contribution in [3.63, 3.8) is 0 Å². The molecule has 2 heterocycles. The molecule has 0 saturated carbocycles. The lowest BCUT2D eigenvalue weighted by molar-refractivity contribution is 1.30. The summed E-state index contributed by atoms with van der Waals surface area (Å²) in [4.78, 5) is 7.83. The van der Waals surface area contributed by atoms with Gasteiger partial charge in [-0.1, -0.05) is 0 Å². The molecule has 82 valence electrons. The molecule has 4 nitrogen and oxygen atoms in total. The fourth-order valence-corrected chi connectivity index (χ4v) is 1.47. The van der Waals surface area contributed by atoms with Crippen LogP contribution in [-0.4, -0.2) is 9.97 Å². The van der Waals surface area contributed by atoms with E-state index in [1.165, 1.54) is 0 Å². The second-order valence-corrected chi connectivity index (χ2v) is 3.37. The number of hydrogen-bond donors (Lipinski definition) is 1. The number of hydrogen-bond acceptors (Lipinski definition) is 4. The van der Waals surface area contributed by atoms with Crippen LogP contribution in [0.4, 0.5) is 0 Å². The lowest BCUT2D eigenvalue weighted by Crippen LogP contribution is -2.00. The first-order valence-electron chi connectivity index (χ1n) is 5.03. The zero-order chi connectivity index (χ0) is 12.1. The molecule has 0 radical (unpaired) electrons. The predicted octanol–water partition coefficient (Wildman–Crippen LogP) is 1.83. The summed E-state index contributed by atoms with van der Waals surface area (Å²) in [5.74, 6) is 0. The quantitative estimate of drug-likeness (QED) is 0.786. The van der Waals surface area contributed by atoms with E-state index in [4.69, 9.17) is 5.73 Å². The van der Waals surface area contributed by atoms with Crippen LogP contribution in [0.15, 0.2) is 49.1 Å². The molecule has 2 rings (SSSR count). The Bertz CT molecular complexity index is 567. The standard InChI is InChI=1S/C13H10N4/c14-9-12(10-1-5-16-6-2-10)13(15)11-3-7-17-8-4-11/h1-8H,15H2/b13-12+. The molecule has 0 bridgehead atoms. The highest BCUT2D eigenvalue weighted by Gasteiger charge is 2.07. The molecule has 0 unspecified atom stereocenters. The van der Waals surface area contributed by atoms with Gasteiger partial charge in [-0.25, -0.2) is 0 Å². The van der Waals surface area contributed by atoms with Gasteiger partial charge in [-0.2, -0.15) is 5.26 Å². The van der Waals surface area contributed by atoms with Crippen molar-refractivity contribution in [1.29, 1.82) is 5.26 Å². The van der Waals surface area contributed by atoms with Crippen LogP contribution in [0.5, 0.6) is 0 Å². The molecule has 0 aromatic carbocycles. The van der Waals surface area contributed by atoms with E-state index in [0.29, 0.717) is 11.3 Å². The summed E-state index contributed by atoms with van der Waals surface area (Å²) in [5.41, 5.74) is 8.43. The predicted molar refractivity (Wildman–Crippen MR) is 65.1 cm³/mol. The maximum absolute atomic E-state index is 9.19. The zero-order valence-electron chi connectivity index (χ0n) is 9.04. The van der Waals surface area contributed by atoms with Crippen molar-refractivity contribution in [2.24, 2.45) is 5.73 Å². The Kier molecular flexibility index (Phi) is 3.13. The third kappa shape index (κ3) is 2.29. The minimum absolute atomic E-state index is 0.443. The van der Waals surface area contributed by atoms with Gasteiger partial charge < -0.3 is 5.73 Å². The summed E-state index contributed by atoms with van der Waals surface area (Å²) in [5, 5.41) is 9.19. The molecule has 4 heteroatoms. The van der Waals surface area contributed by atoms with E-state index in [9.17, 15) is 5.26 Å². The lowest BCUT2D eigenvalue weighted by Gasteiger charge is -2.05. The summed E-state index contributed by atoms with van der Waals surface area (Å²) in [6.07, 6.45) is 6.55. The van der Waals surface area contributed by atoms with Crippen LogP contribution >= 0.6 is 0 Å². The topological polar surface area (TPSA) is 75.6 Å². The van der Waals surface area contributed by atoms with Gasteiger partial charge in [0.2, 0.25) is 0 Å². The van der Waals surface area contributed by atoms with Crippen molar-refractivity contribution < 1.29 is 0 Å².